The van der Waals surface area contributed by atoms with Crippen LogP contribution in [0.5, 0.6) is 0 Å². The van der Waals surface area contributed by atoms with E-state index >= 15 is 0 Å². The zero-order valence-corrected chi connectivity index (χ0v) is 19.1. The first-order valence-electron chi connectivity index (χ1n) is 10.1. The van der Waals surface area contributed by atoms with E-state index < -0.39 is 5.60 Å². The van der Waals surface area contributed by atoms with E-state index in [0.29, 0.717) is 6.54 Å². The second-order valence-corrected chi connectivity index (χ2v) is 9.57. The van der Waals surface area contributed by atoms with Crippen LogP contribution in [0, 0.1) is 6.92 Å². The molecule has 0 amide bonds. The fourth-order valence-corrected chi connectivity index (χ4v) is 5.16. The average Bonchev–Trinajstić information content (AvgIpc) is 3.40. The summed E-state index contributed by atoms with van der Waals surface area (Å²) in [6.45, 7) is 11.3. The van der Waals surface area contributed by atoms with Crippen LogP contribution in [0.15, 0.2) is 34.0 Å². The van der Waals surface area contributed by atoms with Gasteiger partial charge in [0, 0.05) is 35.9 Å². The molecular formula is C21H32N4O2S2. The van der Waals surface area contributed by atoms with Crippen LogP contribution in [0.4, 0.5) is 0 Å². The Kier molecular flexibility index (Phi) is 8.08. The lowest BCUT2D eigenvalue weighted by atomic mass is 10.00. The van der Waals surface area contributed by atoms with Gasteiger partial charge in [-0.3, -0.25) is 4.90 Å². The number of aliphatic imine (C=N–C) groups is 1. The van der Waals surface area contributed by atoms with Crippen molar-refractivity contribution in [3.63, 3.8) is 0 Å². The van der Waals surface area contributed by atoms with E-state index in [-0.39, 0.29) is 6.04 Å². The highest BCUT2D eigenvalue weighted by Crippen LogP contribution is 2.28. The molecule has 29 heavy (non-hydrogen) atoms. The number of hydrogen-bond acceptors (Lipinski definition) is 6. The molecule has 0 bridgehead atoms. The third kappa shape index (κ3) is 6.26. The number of nitrogens with zero attached hydrogens (tertiary/aromatic N) is 2. The maximum Gasteiger partial charge on any atom is 0.191 e. The molecule has 6 nitrogen and oxygen atoms in total. The van der Waals surface area contributed by atoms with Crippen LogP contribution in [-0.2, 0) is 10.3 Å². The van der Waals surface area contributed by atoms with Crippen molar-refractivity contribution in [1.82, 2.24) is 15.5 Å². The molecule has 2 unspecified atom stereocenters. The van der Waals surface area contributed by atoms with Crippen molar-refractivity contribution >= 4 is 28.6 Å². The standard InChI is InChI=1S/C21H32N4O2S2/c1-4-22-20(24-15-21(3,26)17-7-12-28-14-17)23-13-18(19-6-5-16(2)29-19)25-8-10-27-11-9-25/h5-7,12,14,18,26H,4,8-11,13,15H2,1-3H3,(H2,22,23,24). The number of thiophene rings is 2. The van der Waals surface area contributed by atoms with E-state index in [1.54, 1.807) is 11.3 Å². The molecule has 0 aliphatic carbocycles. The predicted octanol–water partition coefficient (Wildman–Crippen LogP) is 2.95. The summed E-state index contributed by atoms with van der Waals surface area (Å²) in [6, 6.07) is 6.64. The van der Waals surface area contributed by atoms with Crippen molar-refractivity contribution in [3.05, 3.63) is 44.3 Å². The highest BCUT2D eigenvalue weighted by molar-refractivity contribution is 7.12. The smallest absolute Gasteiger partial charge is 0.191 e. The first-order chi connectivity index (χ1) is 14.0. The van der Waals surface area contributed by atoms with Gasteiger partial charge in [0.25, 0.3) is 0 Å². The second kappa shape index (κ2) is 10.5. The lowest BCUT2D eigenvalue weighted by molar-refractivity contribution is 0.0177. The highest BCUT2D eigenvalue weighted by Gasteiger charge is 2.25. The third-order valence-electron chi connectivity index (χ3n) is 5.07. The van der Waals surface area contributed by atoms with Gasteiger partial charge in [-0.2, -0.15) is 11.3 Å². The summed E-state index contributed by atoms with van der Waals surface area (Å²) in [6.07, 6.45) is 0. The van der Waals surface area contributed by atoms with Crippen molar-refractivity contribution in [2.45, 2.75) is 32.4 Å². The summed E-state index contributed by atoms with van der Waals surface area (Å²) in [4.78, 5) is 9.83. The first kappa shape index (κ1) is 22.2. The van der Waals surface area contributed by atoms with Crippen LogP contribution in [-0.4, -0.2) is 61.9 Å². The number of aliphatic hydroxyl groups is 1. The molecule has 1 aliphatic heterocycles. The molecule has 3 N–H and O–H groups in total. The van der Waals surface area contributed by atoms with E-state index in [1.807, 2.05) is 35.1 Å². The maximum absolute atomic E-state index is 10.8. The second-order valence-electron chi connectivity index (χ2n) is 7.47. The number of hydrogen-bond donors (Lipinski definition) is 3. The minimum atomic E-state index is -0.975. The third-order valence-corrected chi connectivity index (χ3v) is 6.86. The SMILES string of the molecule is CCNC(=NCC(C)(O)c1ccsc1)NCC(c1ccc(C)s1)N1CCOCC1. The summed E-state index contributed by atoms with van der Waals surface area (Å²) in [5.74, 6) is 0.731. The Morgan fingerprint density at radius 2 is 2.10 bits per heavy atom. The molecule has 160 valence electrons. The number of ether oxygens (including phenoxy) is 1. The summed E-state index contributed by atoms with van der Waals surface area (Å²) in [5, 5.41) is 21.5. The fourth-order valence-electron chi connectivity index (χ4n) is 3.36. The van der Waals surface area contributed by atoms with Gasteiger partial charge in [-0.15, -0.1) is 11.3 Å². The van der Waals surface area contributed by atoms with E-state index in [1.165, 1.54) is 9.75 Å². The van der Waals surface area contributed by atoms with E-state index in [2.05, 4.69) is 46.5 Å². The fraction of sp³-hybridized carbons (Fsp3) is 0.571. The predicted molar refractivity (Wildman–Crippen MR) is 122 cm³/mol. The molecule has 3 rings (SSSR count). The molecule has 0 aromatic carbocycles. The Hall–Kier alpha value is -1.45. The Balaban J connectivity index is 1.68. The molecule has 1 saturated heterocycles. The Morgan fingerprint density at radius 1 is 1.31 bits per heavy atom. The molecule has 1 aliphatic rings. The van der Waals surface area contributed by atoms with Crippen molar-refractivity contribution in [2.75, 3.05) is 45.9 Å². The summed E-state index contributed by atoms with van der Waals surface area (Å²) in [7, 11) is 0. The minimum absolute atomic E-state index is 0.277. The van der Waals surface area contributed by atoms with Crippen molar-refractivity contribution < 1.29 is 9.84 Å². The van der Waals surface area contributed by atoms with Gasteiger partial charge in [0.15, 0.2) is 5.96 Å². The maximum atomic E-state index is 10.8. The summed E-state index contributed by atoms with van der Waals surface area (Å²) < 4.78 is 5.54. The highest BCUT2D eigenvalue weighted by atomic mass is 32.1. The average molecular weight is 437 g/mol. The van der Waals surface area contributed by atoms with Gasteiger partial charge in [0.1, 0.15) is 5.60 Å². The van der Waals surface area contributed by atoms with Gasteiger partial charge in [-0.25, -0.2) is 4.99 Å². The largest absolute Gasteiger partial charge is 0.383 e. The van der Waals surface area contributed by atoms with Crippen molar-refractivity contribution in [2.24, 2.45) is 4.99 Å². The van der Waals surface area contributed by atoms with Gasteiger partial charge in [-0.1, -0.05) is 0 Å². The van der Waals surface area contributed by atoms with Gasteiger partial charge >= 0.3 is 0 Å². The van der Waals surface area contributed by atoms with Crippen molar-refractivity contribution in [1.29, 1.82) is 0 Å². The molecule has 0 saturated carbocycles. The van der Waals surface area contributed by atoms with E-state index in [9.17, 15) is 5.11 Å². The summed E-state index contributed by atoms with van der Waals surface area (Å²) in [5.41, 5.74) is -0.0704. The molecule has 0 spiro atoms. The molecule has 2 atom stereocenters. The molecular weight excluding hydrogens is 404 g/mol. The number of rotatable bonds is 8. The lowest BCUT2D eigenvalue weighted by Crippen LogP contribution is -2.46. The van der Waals surface area contributed by atoms with Crippen LogP contribution in [0.1, 0.15) is 35.2 Å². The molecule has 2 aromatic heterocycles. The summed E-state index contributed by atoms with van der Waals surface area (Å²) >= 11 is 3.44. The number of aryl methyl sites for hydroxylation is 1. The zero-order chi connectivity index (χ0) is 20.7. The molecule has 8 heteroatoms. The Bertz CT molecular complexity index is 768. The first-order valence-corrected chi connectivity index (χ1v) is 11.9. The lowest BCUT2D eigenvalue weighted by Gasteiger charge is -2.34. The van der Waals surface area contributed by atoms with Gasteiger partial charge in [-0.05, 0) is 55.3 Å². The normalized spacial score (nSPS) is 19.0. The van der Waals surface area contributed by atoms with Crippen molar-refractivity contribution in [3.8, 4) is 0 Å². The number of morpholine rings is 1. The quantitative estimate of drug-likeness (QED) is 0.438. The Morgan fingerprint density at radius 3 is 2.72 bits per heavy atom. The van der Waals surface area contributed by atoms with Crippen LogP contribution < -0.4 is 10.6 Å². The Labute approximate surface area is 181 Å². The molecule has 1 fully saturated rings. The number of guanidine groups is 1. The van der Waals surface area contributed by atoms with E-state index in [0.717, 1.165) is 50.9 Å². The number of nitrogens with one attached hydrogen (secondary N) is 2. The van der Waals surface area contributed by atoms with Crippen LogP contribution in [0.25, 0.3) is 0 Å². The minimum Gasteiger partial charge on any atom is -0.383 e. The van der Waals surface area contributed by atoms with Crippen LogP contribution in [0.2, 0.25) is 0 Å². The zero-order valence-electron chi connectivity index (χ0n) is 17.5. The van der Waals surface area contributed by atoms with E-state index in [4.69, 9.17) is 4.74 Å². The molecule has 3 heterocycles. The topological polar surface area (TPSA) is 69.1 Å². The van der Waals surface area contributed by atoms with Crippen LogP contribution >= 0.6 is 22.7 Å². The molecule has 0 radical (unpaired) electrons. The van der Waals surface area contributed by atoms with Gasteiger partial charge in [0.2, 0.25) is 0 Å². The molecule has 2 aromatic rings. The van der Waals surface area contributed by atoms with Gasteiger partial charge in [0.05, 0.1) is 25.8 Å². The van der Waals surface area contributed by atoms with Gasteiger partial charge < -0.3 is 20.5 Å². The van der Waals surface area contributed by atoms with Crippen LogP contribution in [0.3, 0.4) is 0 Å². The monoisotopic (exact) mass is 436 g/mol.